The largest absolute Gasteiger partial charge is 0.306 e. The quantitative estimate of drug-likeness (QED) is 0.829. The van der Waals surface area contributed by atoms with Crippen LogP contribution in [0.25, 0.3) is 0 Å². The summed E-state index contributed by atoms with van der Waals surface area (Å²) in [5.41, 5.74) is 0. The summed E-state index contributed by atoms with van der Waals surface area (Å²) in [7, 11) is 0. The van der Waals surface area contributed by atoms with Gasteiger partial charge in [0.25, 0.3) is 0 Å². The minimum Gasteiger partial charge on any atom is -0.306 e. The highest BCUT2D eigenvalue weighted by Crippen LogP contribution is 2.33. The van der Waals surface area contributed by atoms with Crippen LogP contribution in [0, 0.1) is 11.8 Å². The summed E-state index contributed by atoms with van der Waals surface area (Å²) in [5, 5.41) is 5.98. The van der Waals surface area contributed by atoms with Crippen LogP contribution in [0.15, 0.2) is 15.9 Å². The average Bonchev–Trinajstić information content (AvgIpc) is 2.71. The molecule has 0 aromatic carbocycles. The summed E-state index contributed by atoms with van der Waals surface area (Å²) in [6, 6.07) is 3.29. The minimum absolute atomic E-state index is 0.460. The standard InChI is InChI=1S/C14H22BrNS/c1-9-5-4-6-13(10(9)2)16-11(3)14-12(15)7-8-17-14/h7-11,13,16H,4-6H2,1-3H3. The first-order chi connectivity index (χ1) is 8.09. The van der Waals surface area contributed by atoms with Crippen LogP contribution in [0.4, 0.5) is 0 Å². The van der Waals surface area contributed by atoms with Crippen molar-refractivity contribution in [3.8, 4) is 0 Å². The van der Waals surface area contributed by atoms with E-state index in [2.05, 4.69) is 53.5 Å². The summed E-state index contributed by atoms with van der Waals surface area (Å²) < 4.78 is 1.25. The predicted molar refractivity (Wildman–Crippen MR) is 79.5 cm³/mol. The molecule has 1 heterocycles. The van der Waals surface area contributed by atoms with E-state index in [0.29, 0.717) is 12.1 Å². The second-order valence-corrected chi connectivity index (χ2v) is 7.20. The van der Waals surface area contributed by atoms with Gasteiger partial charge >= 0.3 is 0 Å². The molecule has 4 unspecified atom stereocenters. The first-order valence-corrected chi connectivity index (χ1v) is 8.25. The normalized spacial score (nSPS) is 31.4. The molecule has 1 aromatic heterocycles. The van der Waals surface area contributed by atoms with Gasteiger partial charge in [0.1, 0.15) is 0 Å². The predicted octanol–water partition coefficient (Wildman–Crippen LogP) is 4.99. The molecule has 0 spiro atoms. The highest BCUT2D eigenvalue weighted by molar-refractivity contribution is 9.10. The van der Waals surface area contributed by atoms with Crippen LogP contribution < -0.4 is 5.32 Å². The van der Waals surface area contributed by atoms with Crippen molar-refractivity contribution in [1.29, 1.82) is 0 Å². The molecule has 4 atom stereocenters. The molecule has 0 bridgehead atoms. The van der Waals surface area contributed by atoms with Crippen LogP contribution in [0.3, 0.4) is 0 Å². The van der Waals surface area contributed by atoms with Gasteiger partial charge in [-0.2, -0.15) is 0 Å². The maximum absolute atomic E-state index is 3.82. The summed E-state index contributed by atoms with van der Waals surface area (Å²) >= 11 is 5.47. The SMILES string of the molecule is CC(NC1CCCC(C)C1C)c1sccc1Br. The van der Waals surface area contributed by atoms with Gasteiger partial charge < -0.3 is 5.32 Å². The van der Waals surface area contributed by atoms with Crippen molar-refractivity contribution in [3.63, 3.8) is 0 Å². The Labute approximate surface area is 117 Å². The second-order valence-electron chi connectivity index (χ2n) is 5.39. The van der Waals surface area contributed by atoms with Crippen LogP contribution in [0.5, 0.6) is 0 Å². The molecule has 1 fully saturated rings. The molecular formula is C14H22BrNS. The number of hydrogen-bond donors (Lipinski definition) is 1. The fourth-order valence-electron chi connectivity index (χ4n) is 2.83. The van der Waals surface area contributed by atoms with Crippen molar-refractivity contribution in [3.05, 3.63) is 20.8 Å². The highest BCUT2D eigenvalue weighted by Gasteiger charge is 2.28. The van der Waals surface area contributed by atoms with Crippen molar-refractivity contribution in [2.75, 3.05) is 0 Å². The van der Waals surface area contributed by atoms with E-state index in [1.165, 1.54) is 28.6 Å². The zero-order valence-corrected chi connectivity index (χ0v) is 13.3. The molecule has 1 saturated carbocycles. The molecule has 1 N–H and O–H groups in total. The van der Waals surface area contributed by atoms with Crippen molar-refractivity contribution in [2.24, 2.45) is 11.8 Å². The van der Waals surface area contributed by atoms with Crippen molar-refractivity contribution >= 4 is 27.3 Å². The fraction of sp³-hybridized carbons (Fsp3) is 0.714. The minimum atomic E-state index is 0.460. The van der Waals surface area contributed by atoms with Gasteiger partial charge in [-0.3, -0.25) is 0 Å². The number of thiophene rings is 1. The van der Waals surface area contributed by atoms with Crippen LogP contribution >= 0.6 is 27.3 Å². The van der Waals surface area contributed by atoms with E-state index in [9.17, 15) is 0 Å². The molecule has 2 rings (SSSR count). The lowest BCUT2D eigenvalue weighted by Gasteiger charge is -2.36. The van der Waals surface area contributed by atoms with Gasteiger partial charge in [-0.05, 0) is 52.6 Å². The number of hydrogen-bond acceptors (Lipinski definition) is 2. The van der Waals surface area contributed by atoms with Crippen molar-refractivity contribution < 1.29 is 0 Å². The summed E-state index contributed by atoms with van der Waals surface area (Å²) in [6.07, 6.45) is 4.11. The smallest absolute Gasteiger partial charge is 0.0399 e. The first kappa shape index (κ1) is 13.6. The Morgan fingerprint density at radius 1 is 1.41 bits per heavy atom. The third-order valence-corrected chi connectivity index (χ3v) is 6.26. The van der Waals surface area contributed by atoms with E-state index in [0.717, 1.165) is 11.8 Å². The Hall–Kier alpha value is 0.140. The van der Waals surface area contributed by atoms with Gasteiger partial charge in [0, 0.05) is 21.4 Å². The van der Waals surface area contributed by atoms with Crippen LogP contribution in [-0.4, -0.2) is 6.04 Å². The maximum Gasteiger partial charge on any atom is 0.0399 e. The van der Waals surface area contributed by atoms with Gasteiger partial charge in [-0.15, -0.1) is 11.3 Å². The molecule has 1 nitrogen and oxygen atoms in total. The van der Waals surface area contributed by atoms with Crippen molar-refractivity contribution in [1.82, 2.24) is 5.32 Å². The molecule has 1 aromatic rings. The summed E-state index contributed by atoms with van der Waals surface area (Å²) in [4.78, 5) is 1.43. The Morgan fingerprint density at radius 3 is 2.82 bits per heavy atom. The zero-order chi connectivity index (χ0) is 12.4. The molecule has 0 aliphatic heterocycles. The Kier molecular flexibility index (Phi) is 4.67. The lowest BCUT2D eigenvalue weighted by molar-refractivity contribution is 0.197. The fourth-order valence-corrected chi connectivity index (χ4v) is 4.56. The number of nitrogens with one attached hydrogen (secondary N) is 1. The molecule has 0 radical (unpaired) electrons. The van der Waals surface area contributed by atoms with E-state index in [1.807, 2.05) is 11.3 Å². The van der Waals surface area contributed by atoms with Gasteiger partial charge in [0.05, 0.1) is 0 Å². The van der Waals surface area contributed by atoms with E-state index >= 15 is 0 Å². The Bertz CT molecular complexity index is 363. The molecular weight excluding hydrogens is 294 g/mol. The van der Waals surface area contributed by atoms with E-state index in [4.69, 9.17) is 0 Å². The Balaban J connectivity index is 1.98. The first-order valence-electron chi connectivity index (χ1n) is 6.58. The van der Waals surface area contributed by atoms with Crippen LogP contribution in [0.2, 0.25) is 0 Å². The maximum atomic E-state index is 3.82. The van der Waals surface area contributed by atoms with Crippen molar-refractivity contribution in [2.45, 2.75) is 52.1 Å². The van der Waals surface area contributed by atoms with Gasteiger partial charge in [0.2, 0.25) is 0 Å². The number of rotatable bonds is 3. The molecule has 1 aliphatic carbocycles. The summed E-state index contributed by atoms with van der Waals surface area (Å²) in [6.45, 7) is 7.07. The molecule has 1 aliphatic rings. The van der Waals surface area contributed by atoms with Crippen LogP contribution in [-0.2, 0) is 0 Å². The van der Waals surface area contributed by atoms with Gasteiger partial charge in [-0.25, -0.2) is 0 Å². The number of halogens is 1. The lowest BCUT2D eigenvalue weighted by atomic mass is 9.78. The third kappa shape index (κ3) is 3.12. The third-order valence-electron chi connectivity index (χ3n) is 4.21. The van der Waals surface area contributed by atoms with E-state index < -0.39 is 0 Å². The zero-order valence-electron chi connectivity index (χ0n) is 10.9. The monoisotopic (exact) mass is 315 g/mol. The van der Waals surface area contributed by atoms with Gasteiger partial charge in [0.15, 0.2) is 0 Å². The Morgan fingerprint density at radius 2 is 2.18 bits per heavy atom. The summed E-state index contributed by atoms with van der Waals surface area (Å²) in [5.74, 6) is 1.66. The molecule has 3 heteroatoms. The topological polar surface area (TPSA) is 12.0 Å². The van der Waals surface area contributed by atoms with E-state index in [1.54, 1.807) is 0 Å². The van der Waals surface area contributed by atoms with Crippen LogP contribution in [0.1, 0.15) is 51.0 Å². The average molecular weight is 316 g/mol. The molecule has 17 heavy (non-hydrogen) atoms. The molecule has 0 amide bonds. The highest BCUT2D eigenvalue weighted by atomic mass is 79.9. The lowest BCUT2D eigenvalue weighted by Crippen LogP contribution is -2.41. The second kappa shape index (κ2) is 5.85. The van der Waals surface area contributed by atoms with E-state index in [-0.39, 0.29) is 0 Å². The van der Waals surface area contributed by atoms with Gasteiger partial charge in [-0.1, -0.05) is 26.7 Å². The molecule has 96 valence electrons. The molecule has 0 saturated heterocycles.